The second kappa shape index (κ2) is 9.29. The van der Waals surface area contributed by atoms with Crippen molar-refractivity contribution >= 4 is 28.7 Å². The molecule has 1 aliphatic carbocycles. The Morgan fingerprint density at radius 1 is 1.25 bits per heavy atom. The first-order valence-electron chi connectivity index (χ1n) is 12.2. The van der Waals surface area contributed by atoms with Gasteiger partial charge in [0.1, 0.15) is 16.9 Å². The molecular formula is C26H34FN3O6. The molecule has 4 rings (SSSR count). The molecule has 1 aromatic heterocycles. The van der Waals surface area contributed by atoms with E-state index in [1.807, 2.05) is 32.6 Å². The number of aromatic nitrogens is 1. The first kappa shape index (κ1) is 25.8. The average molecular weight is 504 g/mol. The number of aromatic carboxylic acids is 1. The highest BCUT2D eigenvalue weighted by molar-refractivity contribution is 5.97. The smallest absolute Gasteiger partial charge is 0.410 e. The number of fused-ring (bicyclic) bond motifs is 1. The summed E-state index contributed by atoms with van der Waals surface area (Å²) in [6, 6.07) is 1.01. The van der Waals surface area contributed by atoms with E-state index in [0.29, 0.717) is 18.6 Å². The number of carbonyl (C=O) groups excluding carboxylic acids is 1. The van der Waals surface area contributed by atoms with Crippen LogP contribution in [0.1, 0.15) is 63.4 Å². The quantitative estimate of drug-likeness (QED) is 0.628. The Morgan fingerprint density at radius 2 is 1.92 bits per heavy atom. The Labute approximate surface area is 209 Å². The van der Waals surface area contributed by atoms with Gasteiger partial charge in [-0.25, -0.2) is 14.0 Å². The van der Waals surface area contributed by atoms with Gasteiger partial charge in [0.05, 0.1) is 18.0 Å². The lowest BCUT2D eigenvalue weighted by Gasteiger charge is -2.32. The topological polar surface area (TPSA) is 101 Å². The number of carbonyl (C=O) groups is 2. The number of nitrogens with zero attached hydrogens (tertiary/aromatic N) is 3. The van der Waals surface area contributed by atoms with Gasteiger partial charge in [-0.15, -0.1) is 0 Å². The summed E-state index contributed by atoms with van der Waals surface area (Å²) in [5.41, 5.74) is -1.06. The number of benzene rings is 1. The van der Waals surface area contributed by atoms with E-state index < -0.39 is 28.9 Å². The van der Waals surface area contributed by atoms with Gasteiger partial charge in [-0.3, -0.25) is 4.79 Å². The molecule has 1 saturated heterocycles. The van der Waals surface area contributed by atoms with Crippen LogP contribution in [0.15, 0.2) is 17.1 Å². The highest BCUT2D eigenvalue weighted by Crippen LogP contribution is 2.44. The van der Waals surface area contributed by atoms with Crippen LogP contribution in [0, 0.1) is 11.7 Å². The van der Waals surface area contributed by atoms with E-state index in [-0.39, 0.29) is 40.4 Å². The summed E-state index contributed by atoms with van der Waals surface area (Å²) in [6.45, 7) is 8.41. The van der Waals surface area contributed by atoms with Crippen molar-refractivity contribution in [1.82, 2.24) is 9.47 Å². The van der Waals surface area contributed by atoms with Crippen LogP contribution in [0.5, 0.6) is 5.75 Å². The third kappa shape index (κ3) is 4.73. The monoisotopic (exact) mass is 503 g/mol. The van der Waals surface area contributed by atoms with Crippen molar-refractivity contribution in [2.24, 2.45) is 5.92 Å². The number of pyridine rings is 1. The van der Waals surface area contributed by atoms with Crippen molar-refractivity contribution in [2.45, 2.75) is 64.6 Å². The van der Waals surface area contributed by atoms with Gasteiger partial charge in [0, 0.05) is 38.4 Å². The summed E-state index contributed by atoms with van der Waals surface area (Å²) >= 11 is 0. The van der Waals surface area contributed by atoms with Gasteiger partial charge >= 0.3 is 12.1 Å². The summed E-state index contributed by atoms with van der Waals surface area (Å²) in [5, 5.41) is 9.51. The first-order valence-corrected chi connectivity index (χ1v) is 12.2. The van der Waals surface area contributed by atoms with E-state index in [1.165, 1.54) is 13.3 Å². The number of hydrogen-bond donors (Lipinski definition) is 1. The molecule has 2 atom stereocenters. The van der Waals surface area contributed by atoms with Gasteiger partial charge in [-0.1, -0.05) is 0 Å². The van der Waals surface area contributed by atoms with Crippen molar-refractivity contribution < 1.29 is 28.6 Å². The Balaban J connectivity index is 1.70. The molecule has 1 aromatic carbocycles. The molecule has 2 fully saturated rings. The highest BCUT2D eigenvalue weighted by atomic mass is 19.1. The molecule has 1 N–H and O–H groups in total. The molecule has 2 aromatic rings. The van der Waals surface area contributed by atoms with Crippen LogP contribution >= 0.6 is 0 Å². The summed E-state index contributed by atoms with van der Waals surface area (Å²) in [7, 11) is 3.13. The summed E-state index contributed by atoms with van der Waals surface area (Å²) in [4.78, 5) is 40.6. The van der Waals surface area contributed by atoms with E-state index in [0.717, 1.165) is 25.3 Å². The minimum absolute atomic E-state index is 0.00586. The number of methoxy groups -OCH3 is 1. The van der Waals surface area contributed by atoms with Gasteiger partial charge in [-0.05, 0) is 58.9 Å². The van der Waals surface area contributed by atoms with Gasteiger partial charge in [0.25, 0.3) is 0 Å². The Morgan fingerprint density at radius 3 is 2.47 bits per heavy atom. The van der Waals surface area contributed by atoms with Gasteiger partial charge in [0.15, 0.2) is 11.6 Å². The van der Waals surface area contributed by atoms with Crippen molar-refractivity contribution in [3.63, 3.8) is 0 Å². The normalized spacial score (nSPS) is 18.9. The Hall–Kier alpha value is -3.30. The Kier molecular flexibility index (Phi) is 6.66. The molecule has 1 saturated carbocycles. The first-order chi connectivity index (χ1) is 16.8. The lowest BCUT2D eigenvalue weighted by atomic mass is 9.99. The molecule has 2 heterocycles. The van der Waals surface area contributed by atoms with Crippen LogP contribution in [-0.4, -0.2) is 65.5 Å². The van der Waals surface area contributed by atoms with Crippen LogP contribution < -0.4 is 15.1 Å². The molecule has 0 unspecified atom stereocenters. The van der Waals surface area contributed by atoms with Crippen molar-refractivity contribution in [2.75, 3.05) is 32.1 Å². The molecule has 36 heavy (non-hydrogen) atoms. The van der Waals surface area contributed by atoms with E-state index in [2.05, 4.69) is 0 Å². The number of rotatable bonds is 6. The van der Waals surface area contributed by atoms with Crippen LogP contribution in [0.2, 0.25) is 0 Å². The van der Waals surface area contributed by atoms with Gasteiger partial charge in [-0.2, -0.15) is 0 Å². The fourth-order valence-corrected chi connectivity index (χ4v) is 4.92. The molecule has 0 spiro atoms. The molecule has 2 aliphatic rings. The number of anilines is 1. The molecule has 9 nitrogen and oxygen atoms in total. The lowest BCUT2D eigenvalue weighted by Crippen LogP contribution is -2.43. The van der Waals surface area contributed by atoms with Crippen LogP contribution in [-0.2, 0) is 4.74 Å². The van der Waals surface area contributed by atoms with Gasteiger partial charge in [0.2, 0.25) is 5.43 Å². The maximum absolute atomic E-state index is 15.6. The third-order valence-electron chi connectivity index (χ3n) is 7.09. The fraction of sp³-hybridized carbons (Fsp3) is 0.577. The second-order valence-corrected chi connectivity index (χ2v) is 10.8. The molecule has 0 radical (unpaired) electrons. The third-order valence-corrected chi connectivity index (χ3v) is 7.09. The molecule has 1 aliphatic heterocycles. The zero-order valence-electron chi connectivity index (χ0n) is 21.6. The molecule has 1 amide bonds. The summed E-state index contributed by atoms with van der Waals surface area (Å²) in [5.74, 6) is -1.71. The predicted molar refractivity (Wildman–Crippen MR) is 134 cm³/mol. The number of ether oxygens (including phenoxy) is 2. The maximum atomic E-state index is 15.6. The zero-order chi connectivity index (χ0) is 26.5. The standard InChI is InChI=1S/C26H34FN3O6/c1-14(28(5)25(34)36-26(2,3)4)15-9-10-29(12-15)21-19(27)11-17-20(23(21)35-6)30(16-7-8-16)13-18(22(17)31)24(32)33/h11,13-16H,7-10,12H2,1-6H3,(H,32,33)/t14-,15-/m0/s1. The van der Waals surface area contributed by atoms with Crippen LogP contribution in [0.25, 0.3) is 10.9 Å². The molecular weight excluding hydrogens is 469 g/mol. The second-order valence-electron chi connectivity index (χ2n) is 10.8. The summed E-state index contributed by atoms with van der Waals surface area (Å²) < 4.78 is 28.5. The summed E-state index contributed by atoms with van der Waals surface area (Å²) in [6.07, 6.45) is 3.34. The number of carboxylic acids is 1. The van der Waals surface area contributed by atoms with E-state index >= 15 is 4.39 Å². The molecule has 196 valence electrons. The fourth-order valence-electron chi connectivity index (χ4n) is 4.92. The van der Waals surface area contributed by atoms with Crippen LogP contribution in [0.4, 0.5) is 14.9 Å². The predicted octanol–water partition coefficient (Wildman–Crippen LogP) is 4.26. The van der Waals surface area contributed by atoms with E-state index in [1.54, 1.807) is 16.5 Å². The SMILES string of the molecule is COc1c(N2CC[C@H]([C@H](C)N(C)C(=O)OC(C)(C)C)C2)c(F)cc2c(=O)c(C(=O)O)cn(C3CC3)c12. The zero-order valence-corrected chi connectivity index (χ0v) is 21.6. The number of carboxylic acid groups (broad SMARTS) is 1. The number of amides is 1. The minimum Gasteiger partial charge on any atom is -0.492 e. The van der Waals surface area contributed by atoms with Gasteiger partial charge < -0.3 is 28.9 Å². The largest absolute Gasteiger partial charge is 0.492 e. The Bertz CT molecular complexity index is 1260. The molecule has 0 bridgehead atoms. The number of hydrogen-bond acceptors (Lipinski definition) is 6. The minimum atomic E-state index is -1.34. The van der Waals surface area contributed by atoms with Crippen molar-refractivity contribution in [3.8, 4) is 5.75 Å². The highest BCUT2D eigenvalue weighted by Gasteiger charge is 2.36. The average Bonchev–Trinajstić information content (AvgIpc) is 3.52. The van der Waals surface area contributed by atoms with Crippen LogP contribution in [0.3, 0.4) is 0 Å². The number of halogens is 1. The van der Waals surface area contributed by atoms with Crippen molar-refractivity contribution in [3.05, 3.63) is 33.9 Å². The maximum Gasteiger partial charge on any atom is 0.410 e. The van der Waals surface area contributed by atoms with E-state index in [9.17, 15) is 19.5 Å². The molecule has 10 heteroatoms. The van der Waals surface area contributed by atoms with E-state index in [4.69, 9.17) is 9.47 Å². The van der Waals surface area contributed by atoms with Crippen molar-refractivity contribution in [1.29, 1.82) is 0 Å². The lowest BCUT2D eigenvalue weighted by molar-refractivity contribution is 0.0192.